The summed E-state index contributed by atoms with van der Waals surface area (Å²) in [5.74, 6) is 2.89. The van der Waals surface area contributed by atoms with Crippen LogP contribution in [-0.4, -0.2) is 229 Å². The molecule has 0 saturated carbocycles. The topological polar surface area (TPSA) is 344 Å². The third-order valence-corrected chi connectivity index (χ3v) is 26.3. The number of likely N-dealkylation sites (N-methyl/N-ethyl adjacent to an activating group) is 2. The molecular weight excluding hydrogens is 1690 g/mol. The SMILES string of the molecule is CCCCO.CCc1cc(N)c(OC)cc1N1CCC(N2CCN(C)CC2)CC1.CCc1cc(Nc2ncc(Br)c(Nc3ccc(-c4cn(C)nc4C#N)cc3P(C)(C)=O)n2)c(OC)cc1N1CCC(N2CCN(C)CC2)CC1.Cc1ccc(S(=O)(=O)O)cc1.Cn1cc(-c2ccc(Nc3nc(Cl)ncc3Br)c(P(C)(C)=O)c2)c(C#N)n1. The Labute approximate surface area is 711 Å². The van der Waals surface area contributed by atoms with E-state index in [1.165, 1.54) is 79.9 Å². The molecule has 0 spiro atoms. The number of piperidine rings is 2. The highest BCUT2D eigenvalue weighted by molar-refractivity contribution is 9.11. The number of nitrogens with zero attached hydrogens (tertiary/aromatic N) is 16. The molecule has 4 aliphatic rings. The van der Waals surface area contributed by atoms with Crippen molar-refractivity contribution in [2.45, 2.75) is 96.0 Å². The van der Waals surface area contributed by atoms with Crippen LogP contribution < -0.4 is 51.6 Å². The maximum absolute atomic E-state index is 13.5. The van der Waals surface area contributed by atoms with Crippen LogP contribution in [0.1, 0.15) is 87.4 Å². The maximum Gasteiger partial charge on any atom is 0.294 e. The second kappa shape index (κ2) is 42.4. The third kappa shape index (κ3) is 25.3. The Morgan fingerprint density at radius 3 is 1.44 bits per heavy atom. The number of anilines is 9. The van der Waals surface area contributed by atoms with Gasteiger partial charge in [-0.05, 0) is 207 Å². The second-order valence-electron chi connectivity index (χ2n) is 30.2. The molecule has 34 heteroatoms. The predicted octanol–water partition coefficient (Wildman–Crippen LogP) is 14.3. The zero-order valence-electron chi connectivity index (χ0n) is 69.4. The van der Waals surface area contributed by atoms with Crippen molar-refractivity contribution < 1.29 is 36.7 Å². The number of nitriles is 2. The molecule has 628 valence electrons. The summed E-state index contributed by atoms with van der Waals surface area (Å²) >= 11 is 12.8. The van der Waals surface area contributed by atoms with Crippen LogP contribution in [0.25, 0.3) is 22.3 Å². The number of ether oxygens (including phenoxy) is 2. The van der Waals surface area contributed by atoms with Crippen molar-refractivity contribution >= 4 is 130 Å². The number of hydrogen-bond acceptors (Lipinski definition) is 25. The molecule has 0 amide bonds. The molecule has 0 radical (unpaired) electrons. The Morgan fingerprint density at radius 1 is 0.598 bits per heavy atom. The van der Waals surface area contributed by atoms with E-state index in [-0.39, 0.29) is 10.2 Å². The first-order chi connectivity index (χ1) is 55.7. The Morgan fingerprint density at radius 2 is 1.03 bits per heavy atom. The Balaban J connectivity index is 0.000000195. The Bertz CT molecular complexity index is 5160. The van der Waals surface area contributed by atoms with Gasteiger partial charge in [0.2, 0.25) is 11.2 Å². The molecule has 7 N–H and O–H groups in total. The molecule has 4 fully saturated rings. The van der Waals surface area contributed by atoms with Gasteiger partial charge in [-0.15, -0.1) is 0 Å². The zero-order valence-corrected chi connectivity index (χ0v) is 75.9. The van der Waals surface area contributed by atoms with E-state index >= 15 is 0 Å². The van der Waals surface area contributed by atoms with Gasteiger partial charge in [-0.1, -0.05) is 57.0 Å². The standard InChI is InChI=1S/C36H46BrN10O2P.C19H32N4O.C17H15BrClN6OP.C7H8O3S.C4H10O/c1-7-24-18-30(33(49-4)20-32(24)47-12-10-26(11-13-47)46-16-14-44(2)15-17-46)41-36-39-22-28(37)35(42-36)40-29-9-8-25(19-34(29)50(5,6)48)27-23-45(3)43-31(27)21-38;1-4-15-13-17(20)19(24-3)14-18(15)23-7-5-16(6-8-23)22-11-9-21(2)10-12-22;1-25-9-11(14(7-20)24-25)10-4-5-13(15(6-10)27(2,3)26)22-16-12(18)8-21-17(19)23-16;1-6-2-4-7(5-3-6)11(8,9)10;1-2-3-4-5/h8-9,18-20,22-23,26H,7,10-17H2,1-6H3,(H2,39,40,41,42);13-14,16H,4-12,20H2,1-3H3;4-6,8-9H,1-3H3,(H,21,22,23);2-5H,1H3,(H,8,9,10);5H,2-4H2,1H3. The van der Waals surface area contributed by atoms with Crippen LogP contribution >= 0.6 is 57.7 Å². The number of aromatic nitrogens is 8. The molecule has 5 aromatic carbocycles. The maximum atomic E-state index is 13.5. The Kier molecular flexibility index (Phi) is 33.5. The van der Waals surface area contributed by atoms with Crippen LogP contribution in [0.3, 0.4) is 0 Å². The Hall–Kier alpha value is -8.52. The van der Waals surface area contributed by atoms with Crippen LogP contribution in [0.4, 0.5) is 51.7 Å². The number of aryl methyl sites for hydroxylation is 5. The van der Waals surface area contributed by atoms with E-state index in [4.69, 9.17) is 41.5 Å². The van der Waals surface area contributed by atoms with Crippen LogP contribution in [0.5, 0.6) is 11.5 Å². The minimum absolute atomic E-state index is 0.0666. The molecule has 4 aliphatic heterocycles. The van der Waals surface area contributed by atoms with Crippen molar-refractivity contribution in [3.63, 3.8) is 0 Å². The van der Waals surface area contributed by atoms with Gasteiger partial charge in [0.1, 0.15) is 49.6 Å². The number of nitrogens with one attached hydrogen (secondary N) is 3. The van der Waals surface area contributed by atoms with E-state index < -0.39 is 24.4 Å². The van der Waals surface area contributed by atoms with Crippen molar-refractivity contribution in [1.82, 2.24) is 59.1 Å². The molecule has 28 nitrogen and oxygen atoms in total. The number of aliphatic hydroxyl groups excluding tert-OH is 1. The molecule has 0 atom stereocenters. The molecule has 8 heterocycles. The fourth-order valence-corrected chi connectivity index (χ4v) is 17.9. The monoisotopic (exact) mass is 1800 g/mol. The van der Waals surface area contributed by atoms with E-state index in [9.17, 15) is 28.1 Å². The van der Waals surface area contributed by atoms with Crippen molar-refractivity contribution in [1.29, 1.82) is 10.5 Å². The summed E-state index contributed by atoms with van der Waals surface area (Å²) in [5.41, 5.74) is 18.5. The number of methoxy groups -OCH3 is 2. The van der Waals surface area contributed by atoms with Crippen LogP contribution in [0, 0.1) is 29.6 Å². The summed E-state index contributed by atoms with van der Waals surface area (Å²) in [6.45, 7) is 29.2. The third-order valence-electron chi connectivity index (χ3n) is 21.0. The quantitative estimate of drug-likeness (QED) is 0.0168. The normalized spacial score (nSPS) is 15.4. The largest absolute Gasteiger partial charge is 0.495 e. The summed E-state index contributed by atoms with van der Waals surface area (Å²) in [4.78, 5) is 32.6. The van der Waals surface area contributed by atoms with E-state index in [0.29, 0.717) is 83.7 Å². The van der Waals surface area contributed by atoms with E-state index in [1.54, 1.807) is 101 Å². The first-order valence-electron chi connectivity index (χ1n) is 39.2. The lowest BCUT2D eigenvalue weighted by molar-refractivity contribution is 0.0982. The molecule has 117 heavy (non-hydrogen) atoms. The number of unbranched alkanes of at least 4 members (excludes halogenated alkanes) is 1. The summed E-state index contributed by atoms with van der Waals surface area (Å²) in [5, 5.41) is 46.7. The average molecular weight is 1810 g/mol. The highest BCUT2D eigenvalue weighted by Gasteiger charge is 2.31. The van der Waals surface area contributed by atoms with Crippen molar-refractivity contribution in [3.8, 4) is 45.9 Å². The van der Waals surface area contributed by atoms with Crippen LogP contribution in [0.15, 0.2) is 124 Å². The summed E-state index contributed by atoms with van der Waals surface area (Å²) in [6.07, 6.45) is 15.5. The van der Waals surface area contributed by atoms with Gasteiger partial charge in [-0.25, -0.2) is 9.97 Å². The first-order valence-corrected chi connectivity index (χ1v) is 47.8. The van der Waals surface area contributed by atoms with Gasteiger partial charge < -0.3 is 65.0 Å². The lowest BCUT2D eigenvalue weighted by Crippen LogP contribution is -2.52. The highest BCUT2D eigenvalue weighted by atomic mass is 79.9. The molecule has 0 aliphatic carbocycles. The van der Waals surface area contributed by atoms with Crippen molar-refractivity contribution in [2.24, 2.45) is 14.1 Å². The van der Waals surface area contributed by atoms with Gasteiger partial charge in [0, 0.05) is 181 Å². The molecule has 13 rings (SSSR count). The number of piperazine rings is 2. The fraction of sp³-hybridized carbons (Fsp3) is 0.446. The molecular formula is C83H111Br2ClN20O8P2S. The second-order valence-corrected chi connectivity index (χ2v) is 40.0. The van der Waals surface area contributed by atoms with E-state index in [0.717, 1.165) is 136 Å². The van der Waals surface area contributed by atoms with E-state index in [1.807, 2.05) is 37.3 Å². The van der Waals surface area contributed by atoms with Crippen molar-refractivity contribution in [2.75, 3.05) is 172 Å². The first kappa shape index (κ1) is 92.4. The van der Waals surface area contributed by atoms with Gasteiger partial charge in [0.05, 0.1) is 50.8 Å². The van der Waals surface area contributed by atoms with Gasteiger partial charge >= 0.3 is 0 Å². The van der Waals surface area contributed by atoms with Crippen LogP contribution in [0.2, 0.25) is 5.28 Å². The average Bonchev–Trinajstić information content (AvgIpc) is 1.51. The van der Waals surface area contributed by atoms with Crippen molar-refractivity contribution in [3.05, 3.63) is 152 Å². The molecule has 4 saturated heterocycles. The summed E-state index contributed by atoms with van der Waals surface area (Å²) in [6, 6.07) is 31.2. The van der Waals surface area contributed by atoms with Gasteiger partial charge in [-0.2, -0.15) is 39.1 Å². The lowest BCUT2D eigenvalue weighted by atomic mass is 9.99. The summed E-state index contributed by atoms with van der Waals surface area (Å²) in [7, 11) is 1.92. The predicted molar refractivity (Wildman–Crippen MR) is 480 cm³/mol. The minimum atomic E-state index is -4.02. The fourth-order valence-electron chi connectivity index (χ4n) is 14.4. The number of nitrogen functional groups attached to an aromatic ring is 1. The molecule has 0 bridgehead atoms. The highest BCUT2D eigenvalue weighted by Crippen LogP contribution is 2.44. The number of rotatable bonds is 21. The number of hydrogen-bond donors (Lipinski definition) is 6. The number of nitrogens with two attached hydrogens (primary N) is 1. The van der Waals surface area contributed by atoms with Gasteiger partial charge in [0.25, 0.3) is 10.1 Å². The molecule has 0 unspecified atom stereocenters. The van der Waals surface area contributed by atoms with Crippen LogP contribution in [-0.2, 0) is 46.2 Å². The zero-order chi connectivity index (χ0) is 85.1. The minimum Gasteiger partial charge on any atom is -0.495 e. The smallest absolute Gasteiger partial charge is 0.294 e. The summed E-state index contributed by atoms with van der Waals surface area (Å²) < 4.78 is 71.8. The number of aliphatic hydroxyl groups is 1. The molecule has 9 aromatic rings. The number of halogens is 3. The van der Waals surface area contributed by atoms with Gasteiger partial charge in [-0.3, -0.25) is 23.7 Å². The number of benzene rings is 5. The molecule has 4 aromatic heterocycles. The lowest BCUT2D eigenvalue weighted by Gasteiger charge is -2.43. The van der Waals surface area contributed by atoms with Gasteiger partial charge in [0.15, 0.2) is 11.4 Å². The van der Waals surface area contributed by atoms with E-state index in [2.05, 4.69) is 174 Å².